The molecule has 4 fully saturated rings. The topological polar surface area (TPSA) is 62.2 Å². The fourth-order valence-electron chi connectivity index (χ4n) is 11.7. The zero-order chi connectivity index (χ0) is 28.7. The molecule has 4 heteroatoms. The Morgan fingerprint density at radius 3 is 2.48 bits per heavy atom. The Morgan fingerprint density at radius 1 is 0.975 bits per heavy atom. The largest absolute Gasteiger partial charge is 0.393 e. The summed E-state index contributed by atoms with van der Waals surface area (Å²) in [7, 11) is 0. The fourth-order valence-corrected chi connectivity index (χ4v) is 11.7. The van der Waals surface area contributed by atoms with Crippen molar-refractivity contribution in [3.8, 4) is 0 Å². The normalized spacial score (nSPS) is 47.5. The molecule has 0 unspecified atom stereocenters. The summed E-state index contributed by atoms with van der Waals surface area (Å²) in [5, 5.41) is 14.4. The molecule has 0 aliphatic heterocycles. The van der Waals surface area contributed by atoms with E-state index in [-0.39, 0.29) is 39.1 Å². The molecule has 0 bridgehead atoms. The number of carbonyl (C=O) groups excluding carboxylic acids is 1. The van der Waals surface area contributed by atoms with Gasteiger partial charge in [0.05, 0.1) is 23.8 Å². The Bertz CT molecular complexity index is 1180. The minimum Gasteiger partial charge on any atom is -0.393 e. The van der Waals surface area contributed by atoms with E-state index in [1.54, 1.807) is 5.57 Å². The first-order chi connectivity index (χ1) is 18.8. The molecule has 2 N–H and O–H groups in total. The van der Waals surface area contributed by atoms with Crippen LogP contribution in [0.25, 0.3) is 0 Å². The molecule has 0 radical (unpaired) electrons. The molecule has 0 aromatic carbocycles. The van der Waals surface area contributed by atoms with Gasteiger partial charge in [-0.1, -0.05) is 66.2 Å². The van der Waals surface area contributed by atoms with Crippen molar-refractivity contribution >= 4 is 5.91 Å². The molecule has 220 valence electrons. The zero-order valence-corrected chi connectivity index (χ0v) is 26.2. The maximum atomic E-state index is 14.3. The molecule has 1 aromatic rings. The highest BCUT2D eigenvalue weighted by Crippen LogP contribution is 2.75. The van der Waals surface area contributed by atoms with Crippen molar-refractivity contribution in [1.29, 1.82) is 0 Å². The van der Waals surface area contributed by atoms with Crippen molar-refractivity contribution < 1.29 is 9.90 Å². The van der Waals surface area contributed by atoms with Crippen molar-refractivity contribution in [1.82, 2.24) is 10.3 Å². The van der Waals surface area contributed by atoms with Crippen LogP contribution in [-0.2, 0) is 11.3 Å². The van der Waals surface area contributed by atoms with E-state index in [9.17, 15) is 9.90 Å². The quantitative estimate of drug-likeness (QED) is 0.382. The first-order valence-electron chi connectivity index (χ1n) is 16.4. The summed E-state index contributed by atoms with van der Waals surface area (Å²) >= 11 is 0. The van der Waals surface area contributed by atoms with Crippen molar-refractivity contribution in [2.24, 2.45) is 56.7 Å². The lowest BCUT2D eigenvalue weighted by atomic mass is 9.33. The Balaban J connectivity index is 1.37. The number of allylic oxidation sites excluding steroid dienone is 2. The maximum Gasteiger partial charge on any atom is 0.227 e. The van der Waals surface area contributed by atoms with Gasteiger partial charge in [-0.3, -0.25) is 9.78 Å². The van der Waals surface area contributed by atoms with Gasteiger partial charge in [-0.05, 0) is 121 Å². The van der Waals surface area contributed by atoms with E-state index in [0.717, 1.165) is 50.6 Å². The number of pyridine rings is 1. The van der Waals surface area contributed by atoms with Crippen LogP contribution in [0.15, 0.2) is 36.0 Å². The number of aromatic nitrogens is 1. The summed E-state index contributed by atoms with van der Waals surface area (Å²) in [4.78, 5) is 18.7. The van der Waals surface area contributed by atoms with Gasteiger partial charge < -0.3 is 10.4 Å². The summed E-state index contributed by atoms with van der Waals surface area (Å²) in [6.45, 7) is 17.8. The molecule has 4 nitrogen and oxygen atoms in total. The highest BCUT2D eigenvalue weighted by atomic mass is 16.3. The number of aliphatic hydroxyl groups excluding tert-OH is 1. The van der Waals surface area contributed by atoms with Gasteiger partial charge in [0.1, 0.15) is 0 Å². The van der Waals surface area contributed by atoms with Crippen LogP contribution >= 0.6 is 0 Å². The minimum atomic E-state index is -0.312. The molecular weight excluding hydrogens is 492 g/mol. The number of nitrogens with one attached hydrogen (secondary N) is 1. The molecule has 4 saturated carbocycles. The molecule has 1 aromatic heterocycles. The SMILES string of the molecule is C[C@H]1[C@H](C)CC[C@]2(C(=O)NCc3ccccn3)CC[C@]3(C)C(=CC[C@@H]4[C@@]5(C)CC[C@H](O)C(C)(C)[C@@H]5CC[C@]43C)[C@H]12. The number of amides is 1. The van der Waals surface area contributed by atoms with Gasteiger partial charge in [-0.2, -0.15) is 0 Å². The average molecular weight is 547 g/mol. The van der Waals surface area contributed by atoms with Gasteiger partial charge in [0, 0.05) is 6.20 Å². The summed E-state index contributed by atoms with van der Waals surface area (Å²) < 4.78 is 0. The minimum absolute atomic E-state index is 0.0278. The third-order valence-electron chi connectivity index (χ3n) is 14.6. The molecular formula is C36H54N2O2. The molecule has 5 aliphatic rings. The van der Waals surface area contributed by atoms with Gasteiger partial charge in [0.15, 0.2) is 0 Å². The van der Waals surface area contributed by atoms with Gasteiger partial charge >= 0.3 is 0 Å². The third kappa shape index (κ3) is 3.72. The number of nitrogens with zero attached hydrogens (tertiary/aromatic N) is 1. The third-order valence-corrected chi connectivity index (χ3v) is 14.6. The molecule has 0 saturated heterocycles. The van der Waals surface area contributed by atoms with Crippen molar-refractivity contribution in [3.05, 3.63) is 41.7 Å². The monoisotopic (exact) mass is 546 g/mol. The first kappa shape index (κ1) is 28.4. The van der Waals surface area contributed by atoms with E-state index < -0.39 is 0 Å². The lowest BCUT2D eigenvalue weighted by Crippen LogP contribution is -2.66. The van der Waals surface area contributed by atoms with Gasteiger partial charge in [-0.25, -0.2) is 0 Å². The Morgan fingerprint density at radius 2 is 1.75 bits per heavy atom. The summed E-state index contributed by atoms with van der Waals surface area (Å²) in [5.41, 5.74) is 2.80. The van der Waals surface area contributed by atoms with Crippen LogP contribution in [0, 0.1) is 56.7 Å². The fraction of sp³-hybridized carbons (Fsp3) is 0.778. The lowest BCUT2D eigenvalue weighted by molar-refractivity contribution is -0.204. The van der Waals surface area contributed by atoms with E-state index in [1.807, 2.05) is 24.4 Å². The van der Waals surface area contributed by atoms with Gasteiger partial charge in [0.2, 0.25) is 5.91 Å². The highest BCUT2D eigenvalue weighted by Gasteiger charge is 2.69. The van der Waals surface area contributed by atoms with Crippen molar-refractivity contribution in [2.75, 3.05) is 0 Å². The number of hydrogen-bond acceptors (Lipinski definition) is 3. The maximum absolute atomic E-state index is 14.3. The second-order valence-corrected chi connectivity index (χ2v) is 16.2. The second-order valence-electron chi connectivity index (χ2n) is 16.2. The van der Waals surface area contributed by atoms with Gasteiger partial charge in [-0.15, -0.1) is 0 Å². The first-order valence-corrected chi connectivity index (χ1v) is 16.4. The van der Waals surface area contributed by atoms with Crippen LogP contribution in [0.3, 0.4) is 0 Å². The van der Waals surface area contributed by atoms with E-state index >= 15 is 0 Å². The Kier molecular flexibility index (Phi) is 6.69. The zero-order valence-electron chi connectivity index (χ0n) is 26.2. The van der Waals surface area contributed by atoms with Crippen LogP contribution < -0.4 is 5.32 Å². The molecule has 6 rings (SSSR count). The number of aliphatic hydroxyl groups is 1. The molecule has 10 atom stereocenters. The number of carbonyl (C=O) groups is 1. The molecule has 5 aliphatic carbocycles. The van der Waals surface area contributed by atoms with E-state index in [1.165, 1.54) is 12.8 Å². The highest BCUT2D eigenvalue weighted by molar-refractivity contribution is 5.84. The molecule has 1 heterocycles. The van der Waals surface area contributed by atoms with Crippen LogP contribution in [0.2, 0.25) is 0 Å². The van der Waals surface area contributed by atoms with E-state index in [4.69, 9.17) is 0 Å². The summed E-state index contributed by atoms with van der Waals surface area (Å²) in [5.74, 6) is 2.89. The average Bonchev–Trinajstić information content (AvgIpc) is 2.92. The van der Waals surface area contributed by atoms with Crippen LogP contribution in [0.1, 0.15) is 112 Å². The van der Waals surface area contributed by atoms with Crippen molar-refractivity contribution in [2.45, 2.75) is 119 Å². The Hall–Kier alpha value is -1.68. The number of hydrogen-bond donors (Lipinski definition) is 2. The molecule has 1 amide bonds. The predicted molar refractivity (Wildman–Crippen MR) is 161 cm³/mol. The predicted octanol–water partition coefficient (Wildman–Crippen LogP) is 7.72. The summed E-state index contributed by atoms with van der Waals surface area (Å²) in [6.07, 6.45) is 14.1. The van der Waals surface area contributed by atoms with Crippen LogP contribution in [0.5, 0.6) is 0 Å². The molecule has 40 heavy (non-hydrogen) atoms. The van der Waals surface area contributed by atoms with Gasteiger partial charge in [0.25, 0.3) is 0 Å². The van der Waals surface area contributed by atoms with E-state index in [0.29, 0.717) is 36.1 Å². The number of rotatable bonds is 3. The number of fused-ring (bicyclic) bond motifs is 7. The van der Waals surface area contributed by atoms with Crippen LogP contribution in [-0.4, -0.2) is 22.1 Å². The van der Waals surface area contributed by atoms with Crippen molar-refractivity contribution in [3.63, 3.8) is 0 Å². The lowest BCUT2D eigenvalue weighted by Gasteiger charge is -2.71. The molecule has 0 spiro atoms. The Labute approximate surface area is 243 Å². The standard InChI is InChI=1S/C36H54N2O2/c1-23-13-18-36(31(40)38-22-25-10-8-9-21-37-25)20-19-34(6)26(30(36)24(23)2)11-12-28-33(5)16-15-29(39)32(3,4)27(33)14-17-35(28,34)7/h8-11,21,23-24,27-30,39H,12-20,22H2,1-7H3,(H,38,40)/t23-,24+,27+,28-,29+,30+,33+,34-,35-,36+/m1/s1. The van der Waals surface area contributed by atoms with Crippen LogP contribution in [0.4, 0.5) is 0 Å². The van der Waals surface area contributed by atoms with E-state index in [2.05, 4.69) is 64.8 Å². The second kappa shape index (κ2) is 9.41. The summed E-state index contributed by atoms with van der Waals surface area (Å²) in [6, 6.07) is 5.94. The smallest absolute Gasteiger partial charge is 0.227 e.